The minimum Gasteiger partial charge on any atom is -0.426 e. The first kappa shape index (κ1) is 23.7. The highest BCUT2D eigenvalue weighted by atomic mass is 19.4. The van der Waals surface area contributed by atoms with Gasteiger partial charge in [0.05, 0.1) is 12.8 Å². The van der Waals surface area contributed by atoms with E-state index < -0.39 is 47.2 Å². The third-order valence-corrected chi connectivity index (χ3v) is 5.96. The van der Waals surface area contributed by atoms with Gasteiger partial charge in [-0.2, -0.15) is 13.2 Å². The summed E-state index contributed by atoms with van der Waals surface area (Å²) in [5.74, 6) is -2.58. The fraction of sp³-hybridized carbons (Fsp3) is 0.391. The van der Waals surface area contributed by atoms with E-state index in [9.17, 15) is 31.9 Å². The normalized spacial score (nSPS) is 17.9. The van der Waals surface area contributed by atoms with Gasteiger partial charge >= 0.3 is 12.1 Å². The van der Waals surface area contributed by atoms with E-state index in [2.05, 4.69) is 10.3 Å². The van der Waals surface area contributed by atoms with Gasteiger partial charge in [-0.1, -0.05) is 13.8 Å². The largest absolute Gasteiger partial charge is 0.426 e. The van der Waals surface area contributed by atoms with Crippen LogP contribution in [0.2, 0.25) is 0 Å². The molecule has 11 heteroatoms. The maximum absolute atomic E-state index is 14.7. The molecular formula is C23H21F4N3O4. The Bertz CT molecular complexity index is 1190. The van der Waals surface area contributed by atoms with Crippen LogP contribution in [-0.2, 0) is 21.4 Å². The van der Waals surface area contributed by atoms with E-state index in [0.29, 0.717) is 5.56 Å². The Hall–Kier alpha value is -3.50. The van der Waals surface area contributed by atoms with Crippen molar-refractivity contribution in [3.8, 4) is 5.75 Å². The van der Waals surface area contributed by atoms with Crippen LogP contribution in [0.15, 0.2) is 30.5 Å². The number of ether oxygens (including phenoxy) is 1. The molecule has 180 valence electrons. The number of anilines is 1. The number of nitrogens with zero attached hydrogens (tertiary/aromatic N) is 1. The van der Waals surface area contributed by atoms with E-state index in [1.165, 1.54) is 24.4 Å². The smallest absolute Gasteiger partial charge is 0.411 e. The molecule has 1 saturated carbocycles. The van der Waals surface area contributed by atoms with Crippen molar-refractivity contribution < 1.29 is 36.7 Å². The number of amides is 2. The van der Waals surface area contributed by atoms with Crippen LogP contribution >= 0.6 is 0 Å². The molecule has 2 heterocycles. The lowest BCUT2D eigenvalue weighted by Gasteiger charge is -2.31. The van der Waals surface area contributed by atoms with Crippen LogP contribution in [0.3, 0.4) is 0 Å². The highest BCUT2D eigenvalue weighted by molar-refractivity contribution is 5.96. The first-order chi connectivity index (χ1) is 15.8. The summed E-state index contributed by atoms with van der Waals surface area (Å²) in [4.78, 5) is 40.4. The Labute approximate surface area is 191 Å². The molecule has 4 rings (SSSR count). The van der Waals surface area contributed by atoms with Gasteiger partial charge in [0.25, 0.3) is 5.91 Å². The maximum atomic E-state index is 14.7. The number of rotatable bonds is 5. The lowest BCUT2D eigenvalue weighted by Crippen LogP contribution is -2.48. The van der Waals surface area contributed by atoms with Crippen molar-refractivity contribution in [3.63, 3.8) is 0 Å². The lowest BCUT2D eigenvalue weighted by molar-refractivity contribution is -0.163. The minimum absolute atomic E-state index is 0.00498. The van der Waals surface area contributed by atoms with Crippen molar-refractivity contribution >= 4 is 23.5 Å². The molecule has 1 aliphatic carbocycles. The van der Waals surface area contributed by atoms with Crippen molar-refractivity contribution in [3.05, 3.63) is 53.1 Å². The number of nitrogens with one attached hydrogen (secondary N) is 2. The summed E-state index contributed by atoms with van der Waals surface area (Å²) in [5, 5.41) is 4.43. The molecule has 2 aliphatic rings. The summed E-state index contributed by atoms with van der Waals surface area (Å²) < 4.78 is 59.1. The predicted octanol–water partition coefficient (Wildman–Crippen LogP) is 3.81. The number of benzene rings is 1. The van der Waals surface area contributed by atoms with Crippen LogP contribution in [0, 0.1) is 5.82 Å². The molecule has 0 bridgehead atoms. The molecule has 2 aromatic rings. The van der Waals surface area contributed by atoms with Crippen molar-refractivity contribution in [2.45, 2.75) is 56.7 Å². The molecule has 1 aromatic carbocycles. The van der Waals surface area contributed by atoms with Gasteiger partial charge in [-0.15, -0.1) is 0 Å². The topological polar surface area (TPSA) is 97.4 Å². The summed E-state index contributed by atoms with van der Waals surface area (Å²) in [6, 6.07) is 5.03. The van der Waals surface area contributed by atoms with Crippen molar-refractivity contribution in [1.82, 2.24) is 10.3 Å². The van der Waals surface area contributed by atoms with Gasteiger partial charge < -0.3 is 15.4 Å². The van der Waals surface area contributed by atoms with Crippen LogP contribution in [0.4, 0.5) is 23.2 Å². The van der Waals surface area contributed by atoms with Crippen LogP contribution in [-0.4, -0.2) is 34.5 Å². The third-order valence-electron chi connectivity index (χ3n) is 5.96. The van der Waals surface area contributed by atoms with Crippen LogP contribution in [0.1, 0.15) is 54.7 Å². The molecule has 2 amide bonds. The van der Waals surface area contributed by atoms with Crippen LogP contribution in [0.5, 0.6) is 5.75 Å². The number of fused-ring (bicyclic) bond motifs is 1. The van der Waals surface area contributed by atoms with Gasteiger partial charge in [-0.05, 0) is 37.1 Å². The molecule has 2 N–H and O–H groups in total. The van der Waals surface area contributed by atoms with Gasteiger partial charge in [0.2, 0.25) is 5.91 Å². The summed E-state index contributed by atoms with van der Waals surface area (Å²) in [6.45, 7) is 3.57. The van der Waals surface area contributed by atoms with Gasteiger partial charge in [-0.25, -0.2) is 4.39 Å². The van der Waals surface area contributed by atoms with Gasteiger partial charge in [0.1, 0.15) is 22.8 Å². The SMILES string of the molecule is CC1(C)CC(=O)Oc2cc(CC(=O)Nc3ccnc(C(=O)NC4(C(F)(F)F)CC4)c3)c(F)cc21. The second kappa shape index (κ2) is 8.07. The Morgan fingerprint density at radius 3 is 2.53 bits per heavy atom. The van der Waals surface area contributed by atoms with Gasteiger partial charge in [0.15, 0.2) is 0 Å². The van der Waals surface area contributed by atoms with Crippen molar-refractivity contribution in [2.24, 2.45) is 0 Å². The van der Waals surface area contributed by atoms with Crippen molar-refractivity contribution in [2.75, 3.05) is 5.32 Å². The first-order valence-corrected chi connectivity index (χ1v) is 10.5. The molecule has 0 atom stereocenters. The maximum Gasteiger partial charge on any atom is 0.411 e. The molecule has 1 aliphatic heterocycles. The lowest BCUT2D eigenvalue weighted by atomic mass is 9.79. The highest BCUT2D eigenvalue weighted by Gasteiger charge is 2.64. The fourth-order valence-corrected chi connectivity index (χ4v) is 3.86. The number of pyridine rings is 1. The molecule has 0 saturated heterocycles. The van der Waals surface area contributed by atoms with Crippen LogP contribution < -0.4 is 15.4 Å². The second-order valence-electron chi connectivity index (χ2n) is 9.16. The Morgan fingerprint density at radius 1 is 1.18 bits per heavy atom. The molecule has 0 radical (unpaired) electrons. The summed E-state index contributed by atoms with van der Waals surface area (Å²) in [7, 11) is 0. The molecular weight excluding hydrogens is 458 g/mol. The van der Waals surface area contributed by atoms with Crippen LogP contribution in [0.25, 0.3) is 0 Å². The average Bonchev–Trinajstić information content (AvgIpc) is 3.50. The average molecular weight is 479 g/mol. The van der Waals surface area contributed by atoms with E-state index in [1.54, 1.807) is 13.8 Å². The Balaban J connectivity index is 1.46. The molecule has 0 spiro atoms. The molecule has 1 fully saturated rings. The van der Waals surface area contributed by atoms with Crippen molar-refractivity contribution in [1.29, 1.82) is 0 Å². The van der Waals surface area contributed by atoms with E-state index in [4.69, 9.17) is 4.74 Å². The number of hydrogen-bond donors (Lipinski definition) is 2. The number of halogens is 4. The van der Waals surface area contributed by atoms with E-state index in [-0.39, 0.29) is 42.0 Å². The first-order valence-electron chi connectivity index (χ1n) is 10.5. The zero-order chi connectivity index (χ0) is 24.9. The zero-order valence-corrected chi connectivity index (χ0v) is 18.3. The number of hydrogen-bond acceptors (Lipinski definition) is 5. The second-order valence-corrected chi connectivity index (χ2v) is 9.16. The Morgan fingerprint density at radius 2 is 1.88 bits per heavy atom. The third kappa shape index (κ3) is 4.59. The Kier molecular flexibility index (Phi) is 5.61. The summed E-state index contributed by atoms with van der Waals surface area (Å²) in [5.41, 5.74) is -2.55. The molecule has 1 aromatic heterocycles. The number of alkyl halides is 3. The summed E-state index contributed by atoms with van der Waals surface area (Å²) in [6.07, 6.45) is -4.13. The highest BCUT2D eigenvalue weighted by Crippen LogP contribution is 2.49. The number of carbonyl (C=O) groups is 3. The summed E-state index contributed by atoms with van der Waals surface area (Å²) >= 11 is 0. The monoisotopic (exact) mass is 479 g/mol. The van der Waals surface area contributed by atoms with E-state index >= 15 is 0 Å². The predicted molar refractivity (Wildman–Crippen MR) is 112 cm³/mol. The molecule has 7 nitrogen and oxygen atoms in total. The minimum atomic E-state index is -4.57. The molecule has 34 heavy (non-hydrogen) atoms. The molecule has 0 unspecified atom stereocenters. The van der Waals surface area contributed by atoms with E-state index in [1.807, 2.05) is 5.32 Å². The van der Waals surface area contributed by atoms with Gasteiger partial charge in [0, 0.05) is 28.4 Å². The number of esters is 1. The van der Waals surface area contributed by atoms with E-state index in [0.717, 1.165) is 6.07 Å². The quantitative estimate of drug-likeness (QED) is 0.386. The number of carbonyl (C=O) groups excluding carboxylic acids is 3. The van der Waals surface area contributed by atoms with Gasteiger partial charge in [-0.3, -0.25) is 19.4 Å². The zero-order valence-electron chi connectivity index (χ0n) is 18.3. The fourth-order valence-electron chi connectivity index (χ4n) is 3.86. The standard InChI is InChI=1S/C23H21F4N3O4/c1-21(2)11-19(32)34-17-7-12(15(24)10-14(17)21)8-18(31)29-13-3-6-28-16(9-13)20(33)30-22(4-5-22)23(25,26)27/h3,6-7,9-10H,4-5,8,11H2,1-2H3,(H,30,33)(H,28,29,31). The number of aromatic nitrogens is 1.